The van der Waals surface area contributed by atoms with Gasteiger partial charge in [0.15, 0.2) is 0 Å². The van der Waals surface area contributed by atoms with Crippen molar-refractivity contribution in [2.75, 3.05) is 6.54 Å². The summed E-state index contributed by atoms with van der Waals surface area (Å²) in [5, 5.41) is 13.1. The molecule has 0 saturated carbocycles. The van der Waals surface area contributed by atoms with Crippen LogP contribution in [0.2, 0.25) is 0 Å². The normalized spacial score (nSPS) is 14.8. The maximum atomic E-state index is 9.79. The van der Waals surface area contributed by atoms with Crippen molar-refractivity contribution in [3.05, 3.63) is 35.4 Å². The number of benzene rings is 1. The van der Waals surface area contributed by atoms with Gasteiger partial charge in [0, 0.05) is 13.1 Å². The smallest absolute Gasteiger partial charge is 0.0690 e. The summed E-state index contributed by atoms with van der Waals surface area (Å²) in [5.74, 6) is 0.366. The van der Waals surface area contributed by atoms with Gasteiger partial charge in [-0.3, -0.25) is 0 Å². The monoisotopic (exact) mass is 221 g/mol. The van der Waals surface area contributed by atoms with Gasteiger partial charge in [-0.05, 0) is 18.4 Å². The molecule has 0 amide bonds. The van der Waals surface area contributed by atoms with E-state index in [4.69, 9.17) is 0 Å². The molecule has 0 fully saturated rings. The lowest BCUT2D eigenvalue weighted by Gasteiger charge is -2.17. The largest absolute Gasteiger partial charge is 0.392 e. The summed E-state index contributed by atoms with van der Waals surface area (Å²) in [7, 11) is 0. The molecule has 1 aromatic rings. The Morgan fingerprint density at radius 2 is 2.12 bits per heavy atom. The van der Waals surface area contributed by atoms with Gasteiger partial charge in [0.2, 0.25) is 0 Å². The van der Waals surface area contributed by atoms with Crippen molar-refractivity contribution in [3.8, 4) is 0 Å². The number of aliphatic hydroxyl groups is 1. The van der Waals surface area contributed by atoms with Gasteiger partial charge in [-0.2, -0.15) is 0 Å². The highest BCUT2D eigenvalue weighted by atomic mass is 16.3. The minimum atomic E-state index is -0.241. The fourth-order valence-corrected chi connectivity index (χ4v) is 1.66. The first-order chi connectivity index (χ1) is 7.63. The summed E-state index contributed by atoms with van der Waals surface area (Å²) in [6, 6.07) is 8.44. The molecule has 2 N–H and O–H groups in total. The summed E-state index contributed by atoms with van der Waals surface area (Å²) in [5.41, 5.74) is 2.55. The second-order valence-electron chi connectivity index (χ2n) is 4.57. The Balaban J connectivity index is 2.30. The average Bonchev–Trinajstić information content (AvgIpc) is 2.28. The maximum absolute atomic E-state index is 9.79. The van der Waals surface area contributed by atoms with Crippen LogP contribution in [0.5, 0.6) is 0 Å². The first-order valence-corrected chi connectivity index (χ1v) is 6.07. The van der Waals surface area contributed by atoms with Gasteiger partial charge >= 0.3 is 0 Å². The number of rotatable bonds is 6. The van der Waals surface area contributed by atoms with E-state index in [0.717, 1.165) is 13.0 Å². The van der Waals surface area contributed by atoms with Gasteiger partial charge in [0.25, 0.3) is 0 Å². The summed E-state index contributed by atoms with van der Waals surface area (Å²) < 4.78 is 0. The predicted octanol–water partition coefficient (Wildman–Crippen LogP) is 2.49. The molecule has 0 aromatic heterocycles. The molecule has 0 radical (unpaired) electrons. The molecular formula is C14H23NO. The second kappa shape index (κ2) is 6.66. The van der Waals surface area contributed by atoms with Crippen molar-refractivity contribution in [2.45, 2.75) is 39.8 Å². The molecule has 0 spiro atoms. The van der Waals surface area contributed by atoms with Crippen molar-refractivity contribution in [3.63, 3.8) is 0 Å². The quantitative estimate of drug-likeness (QED) is 0.773. The summed E-state index contributed by atoms with van der Waals surface area (Å²) in [6.45, 7) is 7.78. The first-order valence-electron chi connectivity index (χ1n) is 6.07. The highest BCUT2D eigenvalue weighted by Crippen LogP contribution is 2.07. The number of aryl methyl sites for hydroxylation is 1. The van der Waals surface area contributed by atoms with Gasteiger partial charge in [-0.1, -0.05) is 50.1 Å². The van der Waals surface area contributed by atoms with E-state index in [0.29, 0.717) is 12.5 Å². The van der Waals surface area contributed by atoms with Crippen molar-refractivity contribution in [1.29, 1.82) is 0 Å². The van der Waals surface area contributed by atoms with Crippen molar-refractivity contribution in [1.82, 2.24) is 5.32 Å². The Morgan fingerprint density at radius 1 is 1.38 bits per heavy atom. The van der Waals surface area contributed by atoms with Crippen molar-refractivity contribution < 1.29 is 5.11 Å². The Kier molecular flexibility index (Phi) is 5.50. The van der Waals surface area contributed by atoms with E-state index in [1.54, 1.807) is 0 Å². The van der Waals surface area contributed by atoms with Crippen LogP contribution in [0.1, 0.15) is 31.4 Å². The van der Waals surface area contributed by atoms with Crippen LogP contribution in [-0.4, -0.2) is 17.8 Å². The van der Waals surface area contributed by atoms with Crippen LogP contribution in [0.4, 0.5) is 0 Å². The van der Waals surface area contributed by atoms with Gasteiger partial charge < -0.3 is 10.4 Å². The fraction of sp³-hybridized carbons (Fsp3) is 0.571. The topological polar surface area (TPSA) is 32.3 Å². The van der Waals surface area contributed by atoms with Crippen LogP contribution >= 0.6 is 0 Å². The van der Waals surface area contributed by atoms with Crippen LogP contribution in [0.25, 0.3) is 0 Å². The van der Waals surface area contributed by atoms with Gasteiger partial charge in [0.1, 0.15) is 0 Å². The third-order valence-corrected chi connectivity index (χ3v) is 3.07. The summed E-state index contributed by atoms with van der Waals surface area (Å²) in [6.07, 6.45) is 0.780. The minimum Gasteiger partial charge on any atom is -0.392 e. The number of nitrogens with one attached hydrogen (secondary N) is 1. The molecule has 2 nitrogen and oxygen atoms in total. The predicted molar refractivity (Wildman–Crippen MR) is 68.3 cm³/mol. The molecule has 0 saturated heterocycles. The van der Waals surface area contributed by atoms with Crippen molar-refractivity contribution >= 4 is 0 Å². The van der Waals surface area contributed by atoms with Crippen LogP contribution in [0.3, 0.4) is 0 Å². The van der Waals surface area contributed by atoms with E-state index in [-0.39, 0.29) is 6.10 Å². The van der Waals surface area contributed by atoms with Crippen LogP contribution < -0.4 is 5.32 Å². The summed E-state index contributed by atoms with van der Waals surface area (Å²) >= 11 is 0. The zero-order chi connectivity index (χ0) is 12.0. The Hall–Kier alpha value is -0.860. The molecule has 0 heterocycles. The zero-order valence-electron chi connectivity index (χ0n) is 10.5. The third kappa shape index (κ3) is 4.33. The third-order valence-electron chi connectivity index (χ3n) is 3.07. The maximum Gasteiger partial charge on any atom is 0.0690 e. The van der Waals surface area contributed by atoms with E-state index in [1.165, 1.54) is 11.1 Å². The number of aliphatic hydroxyl groups excluding tert-OH is 1. The molecule has 1 aromatic carbocycles. The molecule has 0 aliphatic heterocycles. The Labute approximate surface area is 98.7 Å². The Bertz CT molecular complexity index is 311. The highest BCUT2D eigenvalue weighted by Gasteiger charge is 2.10. The molecule has 0 aliphatic rings. The van der Waals surface area contributed by atoms with Gasteiger partial charge in [-0.15, -0.1) is 0 Å². The van der Waals surface area contributed by atoms with Gasteiger partial charge in [0.05, 0.1) is 6.10 Å². The standard InChI is InChI=1S/C14H23NO/c1-4-12(3)14(16)10-15-9-13-7-5-6-11(2)8-13/h5-8,12,14-16H,4,9-10H2,1-3H3. The van der Waals surface area contributed by atoms with Gasteiger partial charge in [-0.25, -0.2) is 0 Å². The lowest BCUT2D eigenvalue weighted by molar-refractivity contribution is 0.113. The molecule has 2 atom stereocenters. The van der Waals surface area contributed by atoms with Crippen molar-refractivity contribution in [2.24, 2.45) is 5.92 Å². The first kappa shape index (κ1) is 13.2. The van der Waals surface area contributed by atoms with E-state index in [2.05, 4.69) is 50.4 Å². The van der Waals surface area contributed by atoms with E-state index < -0.39 is 0 Å². The molecular weight excluding hydrogens is 198 g/mol. The molecule has 16 heavy (non-hydrogen) atoms. The lowest BCUT2D eigenvalue weighted by Crippen LogP contribution is -2.31. The molecule has 2 unspecified atom stereocenters. The van der Waals surface area contributed by atoms with Crippen LogP contribution in [0, 0.1) is 12.8 Å². The zero-order valence-corrected chi connectivity index (χ0v) is 10.5. The summed E-state index contributed by atoms with van der Waals surface area (Å²) in [4.78, 5) is 0. The molecule has 1 rings (SSSR count). The molecule has 2 heteroatoms. The Morgan fingerprint density at radius 3 is 2.75 bits per heavy atom. The van der Waals surface area contributed by atoms with E-state index in [9.17, 15) is 5.11 Å². The highest BCUT2D eigenvalue weighted by molar-refractivity contribution is 5.21. The second-order valence-corrected chi connectivity index (χ2v) is 4.57. The molecule has 0 aliphatic carbocycles. The fourth-order valence-electron chi connectivity index (χ4n) is 1.66. The van der Waals surface area contributed by atoms with E-state index in [1.807, 2.05) is 0 Å². The number of hydrogen-bond acceptors (Lipinski definition) is 2. The van der Waals surface area contributed by atoms with E-state index >= 15 is 0 Å². The molecule has 90 valence electrons. The van der Waals surface area contributed by atoms with Crippen LogP contribution in [0.15, 0.2) is 24.3 Å². The lowest BCUT2D eigenvalue weighted by atomic mass is 10.0. The number of hydrogen-bond donors (Lipinski definition) is 2. The van der Waals surface area contributed by atoms with Crippen LogP contribution in [-0.2, 0) is 6.54 Å². The average molecular weight is 221 g/mol. The molecule has 0 bridgehead atoms. The SMILES string of the molecule is CCC(C)C(O)CNCc1cccc(C)c1. The minimum absolute atomic E-state index is 0.241.